The fourth-order valence-electron chi connectivity index (χ4n) is 6.17. The summed E-state index contributed by atoms with van der Waals surface area (Å²) in [5, 5.41) is 0. The highest BCUT2D eigenvalue weighted by Crippen LogP contribution is 2.43. The van der Waals surface area contributed by atoms with Crippen molar-refractivity contribution in [3.63, 3.8) is 0 Å². The molecule has 0 saturated heterocycles. The van der Waals surface area contributed by atoms with Crippen molar-refractivity contribution in [2.24, 2.45) is 0 Å². The summed E-state index contributed by atoms with van der Waals surface area (Å²) in [6.45, 7) is 2.39. The number of anilines is 2. The molecule has 9 nitrogen and oxygen atoms in total. The predicted octanol–water partition coefficient (Wildman–Crippen LogP) is 9.30. The van der Waals surface area contributed by atoms with E-state index in [0.717, 1.165) is 61.9 Å². The zero-order chi connectivity index (χ0) is 39.8. The van der Waals surface area contributed by atoms with Gasteiger partial charge in [-0.15, -0.1) is 0 Å². The topological polar surface area (TPSA) is 92.4 Å². The molecule has 0 aromatic heterocycles. The van der Waals surface area contributed by atoms with Gasteiger partial charge in [-0.25, -0.2) is 0 Å². The number of amides is 2. The van der Waals surface area contributed by atoms with Crippen LogP contribution in [0.25, 0.3) is 0 Å². The van der Waals surface area contributed by atoms with Crippen LogP contribution in [0.3, 0.4) is 0 Å². The lowest BCUT2D eigenvalue weighted by molar-refractivity contribution is -0.137. The van der Waals surface area contributed by atoms with Gasteiger partial charge in [0.05, 0.1) is 37.5 Å². The van der Waals surface area contributed by atoms with Crippen LogP contribution in [-0.4, -0.2) is 46.2 Å². The van der Waals surface area contributed by atoms with E-state index >= 15 is 0 Å². The summed E-state index contributed by atoms with van der Waals surface area (Å²) in [7, 11) is 4.76. The van der Waals surface area contributed by atoms with Crippen molar-refractivity contribution in [1.82, 2.24) is 9.44 Å². The summed E-state index contributed by atoms with van der Waals surface area (Å²) in [6.07, 6.45) is -3.87. The molecule has 1 unspecified atom stereocenters. The summed E-state index contributed by atoms with van der Waals surface area (Å²) in [5.41, 5.74) is 3.57. The normalized spacial score (nSPS) is 12.7. The van der Waals surface area contributed by atoms with Crippen LogP contribution in [0.2, 0.25) is 0 Å². The molecule has 56 heavy (non-hydrogen) atoms. The number of nitrogens with zero attached hydrogens (tertiary/aromatic N) is 2. The standard InChI is InChI=1S/C41H39F3N4O5S3/c1-26-11-20-37(36(23-26)53-4)55-46-40(50)39(27-7-5-8-30(24-27)52-3)47-22-21-33-34(47)9-6-10-35(33)48(56-32-18-14-29(51-2)15-19-32)25-38(49)45-54-31-16-12-28(13-17-31)41(42,43)44/h5-20,23-24,39H,21-22,25H2,1-4H3,(H,45,49)(H,46,50). The number of nitrogens with one attached hydrogen (secondary N) is 2. The number of halogens is 3. The Balaban J connectivity index is 1.29. The second-order valence-electron chi connectivity index (χ2n) is 12.6. The molecular formula is C41H39F3N4O5S3. The minimum absolute atomic E-state index is 0.0877. The van der Waals surface area contributed by atoms with Gasteiger partial charge in [0, 0.05) is 27.6 Å². The number of hydrogen-bond acceptors (Lipinski definition) is 10. The summed E-state index contributed by atoms with van der Waals surface area (Å²) >= 11 is 3.49. The third-order valence-corrected chi connectivity index (χ3v) is 11.6. The Morgan fingerprint density at radius 2 is 1.52 bits per heavy atom. The number of hydrogen-bond donors (Lipinski definition) is 2. The number of rotatable bonds is 15. The minimum Gasteiger partial charge on any atom is -0.497 e. The lowest BCUT2D eigenvalue weighted by atomic mass is 10.0. The Kier molecular flexibility index (Phi) is 13.2. The van der Waals surface area contributed by atoms with Crippen molar-refractivity contribution >= 4 is 59.0 Å². The molecule has 0 bridgehead atoms. The predicted molar refractivity (Wildman–Crippen MR) is 217 cm³/mol. The molecule has 6 rings (SSSR count). The maximum absolute atomic E-state index is 14.3. The van der Waals surface area contributed by atoms with E-state index < -0.39 is 17.8 Å². The van der Waals surface area contributed by atoms with Crippen LogP contribution in [0.5, 0.6) is 17.2 Å². The van der Waals surface area contributed by atoms with Crippen molar-refractivity contribution in [3.05, 3.63) is 131 Å². The van der Waals surface area contributed by atoms with E-state index in [9.17, 15) is 22.8 Å². The molecule has 0 saturated carbocycles. The monoisotopic (exact) mass is 820 g/mol. The SMILES string of the molecule is COc1ccc(SN(CC(=O)NSc2ccc(C(F)(F)F)cc2)c2cccc3c2CCN3C(C(=O)NSc2ccc(C)cc2OC)c2cccc(OC)c2)cc1. The van der Waals surface area contributed by atoms with Gasteiger partial charge in [0.2, 0.25) is 0 Å². The first-order valence-electron chi connectivity index (χ1n) is 17.3. The molecule has 5 aromatic rings. The zero-order valence-corrected chi connectivity index (χ0v) is 33.3. The van der Waals surface area contributed by atoms with Gasteiger partial charge in [-0.05, 0) is 145 Å². The molecule has 292 valence electrons. The summed E-state index contributed by atoms with van der Waals surface area (Å²) in [6, 6.07) is 30.3. The average Bonchev–Trinajstić information content (AvgIpc) is 3.63. The third kappa shape index (κ3) is 9.81. The van der Waals surface area contributed by atoms with Gasteiger partial charge in [-0.2, -0.15) is 13.2 Å². The first-order valence-corrected chi connectivity index (χ1v) is 19.7. The number of benzene rings is 5. The van der Waals surface area contributed by atoms with E-state index in [2.05, 4.69) is 14.3 Å². The molecule has 1 aliphatic heterocycles. The lowest BCUT2D eigenvalue weighted by Gasteiger charge is -2.31. The molecule has 1 aliphatic rings. The molecule has 15 heteroatoms. The van der Waals surface area contributed by atoms with E-state index in [4.69, 9.17) is 14.2 Å². The van der Waals surface area contributed by atoms with Crippen molar-refractivity contribution in [2.45, 2.75) is 40.2 Å². The zero-order valence-electron chi connectivity index (χ0n) is 30.9. The van der Waals surface area contributed by atoms with E-state index in [-0.39, 0.29) is 18.4 Å². The third-order valence-electron chi connectivity index (χ3n) is 8.88. The summed E-state index contributed by atoms with van der Waals surface area (Å²) in [4.78, 5) is 31.9. The van der Waals surface area contributed by atoms with Crippen LogP contribution in [0.1, 0.15) is 28.3 Å². The van der Waals surface area contributed by atoms with Crippen molar-refractivity contribution in [3.8, 4) is 17.2 Å². The highest BCUT2D eigenvalue weighted by Gasteiger charge is 2.35. The smallest absolute Gasteiger partial charge is 0.416 e. The van der Waals surface area contributed by atoms with Gasteiger partial charge in [0.1, 0.15) is 29.8 Å². The van der Waals surface area contributed by atoms with Crippen LogP contribution in [0.15, 0.2) is 124 Å². The highest BCUT2D eigenvalue weighted by molar-refractivity contribution is 8.00. The number of aryl methyl sites for hydroxylation is 1. The van der Waals surface area contributed by atoms with Crippen LogP contribution in [0, 0.1) is 6.92 Å². The Bertz CT molecular complexity index is 2160. The molecule has 1 heterocycles. The molecule has 0 spiro atoms. The van der Waals surface area contributed by atoms with E-state index in [1.165, 1.54) is 36.0 Å². The molecule has 0 fully saturated rings. The van der Waals surface area contributed by atoms with Gasteiger partial charge in [-0.1, -0.05) is 24.3 Å². The first-order chi connectivity index (χ1) is 27.0. The lowest BCUT2D eigenvalue weighted by Crippen LogP contribution is -2.37. The van der Waals surface area contributed by atoms with Crippen LogP contribution < -0.4 is 32.9 Å². The molecular weight excluding hydrogens is 782 g/mol. The van der Waals surface area contributed by atoms with E-state index in [1.807, 2.05) is 96.2 Å². The van der Waals surface area contributed by atoms with Gasteiger partial charge < -0.3 is 23.4 Å². The number of ether oxygens (including phenoxy) is 3. The molecule has 0 radical (unpaired) electrons. The second kappa shape index (κ2) is 18.2. The largest absolute Gasteiger partial charge is 0.497 e. The van der Waals surface area contributed by atoms with Crippen molar-refractivity contribution in [2.75, 3.05) is 43.6 Å². The summed E-state index contributed by atoms with van der Waals surface area (Å²) < 4.78 is 63.4. The van der Waals surface area contributed by atoms with E-state index in [0.29, 0.717) is 35.1 Å². The number of carbonyl (C=O) groups is 2. The fraction of sp³-hybridized carbons (Fsp3) is 0.220. The van der Waals surface area contributed by atoms with Crippen LogP contribution in [-0.2, 0) is 22.2 Å². The van der Waals surface area contributed by atoms with Gasteiger partial charge in [0.15, 0.2) is 0 Å². The number of alkyl halides is 3. The Hall–Kier alpha value is -5.12. The molecule has 2 amide bonds. The molecule has 1 atom stereocenters. The maximum Gasteiger partial charge on any atom is 0.416 e. The number of fused-ring (bicyclic) bond motifs is 1. The molecule has 2 N–H and O–H groups in total. The minimum atomic E-state index is -4.45. The summed E-state index contributed by atoms with van der Waals surface area (Å²) in [5.74, 6) is 1.35. The molecule has 5 aromatic carbocycles. The number of methoxy groups -OCH3 is 3. The van der Waals surface area contributed by atoms with Gasteiger partial charge in [-0.3, -0.25) is 19.0 Å². The second-order valence-corrected chi connectivity index (χ2v) is 15.4. The van der Waals surface area contributed by atoms with Crippen molar-refractivity contribution < 1.29 is 37.0 Å². The average molecular weight is 821 g/mol. The van der Waals surface area contributed by atoms with Crippen LogP contribution in [0.4, 0.5) is 24.5 Å². The highest BCUT2D eigenvalue weighted by atomic mass is 32.2. The van der Waals surface area contributed by atoms with Gasteiger partial charge >= 0.3 is 6.18 Å². The quantitative estimate of drug-likeness (QED) is 0.0997. The Morgan fingerprint density at radius 1 is 0.804 bits per heavy atom. The van der Waals surface area contributed by atoms with Gasteiger partial charge in [0.25, 0.3) is 11.8 Å². The van der Waals surface area contributed by atoms with E-state index in [1.54, 1.807) is 21.3 Å². The Morgan fingerprint density at radius 3 is 2.21 bits per heavy atom. The fourth-order valence-corrected chi connectivity index (χ4v) is 8.40. The first kappa shape index (κ1) is 40.5. The molecule has 0 aliphatic carbocycles. The Labute approximate surface area is 336 Å². The van der Waals surface area contributed by atoms with Crippen LogP contribution >= 0.6 is 35.8 Å². The van der Waals surface area contributed by atoms with Crippen molar-refractivity contribution in [1.29, 1.82) is 0 Å². The number of carbonyl (C=O) groups excluding carboxylic acids is 2. The maximum atomic E-state index is 14.3.